The molecule has 0 fully saturated rings. The van der Waals surface area contributed by atoms with E-state index in [0.29, 0.717) is 38.6 Å². The van der Waals surface area contributed by atoms with Crippen LogP contribution in [0.15, 0.2) is 35.1 Å². The molecule has 0 radical (unpaired) electrons. The highest BCUT2D eigenvalue weighted by Crippen LogP contribution is 2.23. The number of fused-ring (bicyclic) bond motifs is 1. The zero-order valence-electron chi connectivity index (χ0n) is 14.7. The average molecular weight is 344 g/mol. The van der Waals surface area contributed by atoms with E-state index in [0.717, 1.165) is 5.56 Å². The van der Waals surface area contributed by atoms with E-state index < -0.39 is 6.10 Å². The lowest BCUT2D eigenvalue weighted by atomic mass is 10.1. The summed E-state index contributed by atoms with van der Waals surface area (Å²) in [6.07, 6.45) is -0.271. The highest BCUT2D eigenvalue weighted by Gasteiger charge is 2.29. The minimum absolute atomic E-state index is 0.00306. The van der Waals surface area contributed by atoms with E-state index in [1.54, 1.807) is 9.47 Å². The summed E-state index contributed by atoms with van der Waals surface area (Å²) in [5.41, 5.74) is 0.962. The van der Waals surface area contributed by atoms with Crippen molar-refractivity contribution in [1.82, 2.24) is 19.2 Å². The topological polar surface area (TPSA) is 69.4 Å². The summed E-state index contributed by atoms with van der Waals surface area (Å²) in [6.45, 7) is 6.44. The molecule has 1 aromatic carbocycles. The molecular weight excluding hydrogens is 320 g/mol. The lowest BCUT2D eigenvalue weighted by Gasteiger charge is -2.26. The van der Waals surface area contributed by atoms with Crippen LogP contribution in [0.2, 0.25) is 0 Å². The number of benzene rings is 1. The van der Waals surface area contributed by atoms with Gasteiger partial charge in [0.1, 0.15) is 6.10 Å². The molecule has 2 aromatic rings. The molecule has 0 N–H and O–H groups in total. The van der Waals surface area contributed by atoms with Crippen molar-refractivity contribution in [1.29, 1.82) is 0 Å². The number of ether oxygens (including phenoxy) is 1. The number of hydrogen-bond donors (Lipinski definition) is 0. The first-order valence-electron chi connectivity index (χ1n) is 8.74. The van der Waals surface area contributed by atoms with Crippen LogP contribution in [-0.2, 0) is 29.2 Å². The zero-order valence-corrected chi connectivity index (χ0v) is 14.7. The maximum atomic E-state index is 12.7. The van der Waals surface area contributed by atoms with Crippen LogP contribution in [0.4, 0.5) is 0 Å². The Morgan fingerprint density at radius 2 is 2.08 bits per heavy atom. The normalized spacial score (nSPS) is 16.5. The van der Waals surface area contributed by atoms with Gasteiger partial charge in [0, 0.05) is 19.6 Å². The summed E-state index contributed by atoms with van der Waals surface area (Å²) >= 11 is 0. The third kappa shape index (κ3) is 3.66. The van der Waals surface area contributed by atoms with Crippen LogP contribution in [0.3, 0.4) is 0 Å². The fourth-order valence-corrected chi connectivity index (χ4v) is 3.09. The van der Waals surface area contributed by atoms with Gasteiger partial charge < -0.3 is 9.64 Å². The maximum Gasteiger partial charge on any atom is 0.346 e. The molecule has 7 heteroatoms. The molecule has 1 amide bonds. The molecule has 1 aromatic heterocycles. The van der Waals surface area contributed by atoms with E-state index in [1.165, 1.54) is 4.68 Å². The predicted molar refractivity (Wildman–Crippen MR) is 93.0 cm³/mol. The Labute approximate surface area is 146 Å². The third-order valence-electron chi connectivity index (χ3n) is 4.48. The number of carbonyl (C=O) groups is 1. The Bertz CT molecular complexity index is 781. The first kappa shape index (κ1) is 17.4. The van der Waals surface area contributed by atoms with Gasteiger partial charge >= 0.3 is 5.69 Å². The summed E-state index contributed by atoms with van der Waals surface area (Å²) in [5.74, 6) is 0.561. The molecule has 1 unspecified atom stereocenters. The molecule has 0 spiro atoms. The average Bonchev–Trinajstić information content (AvgIpc) is 2.97. The van der Waals surface area contributed by atoms with Crippen LogP contribution in [0.1, 0.15) is 37.8 Å². The molecule has 25 heavy (non-hydrogen) atoms. The van der Waals surface area contributed by atoms with Crippen LogP contribution in [0.5, 0.6) is 0 Å². The van der Waals surface area contributed by atoms with Crippen molar-refractivity contribution >= 4 is 5.91 Å². The number of nitrogens with zero attached hydrogens (tertiary/aromatic N) is 4. The van der Waals surface area contributed by atoms with Crippen molar-refractivity contribution in [2.24, 2.45) is 0 Å². The number of rotatable bonds is 6. The van der Waals surface area contributed by atoms with E-state index in [2.05, 4.69) is 5.10 Å². The predicted octanol–water partition coefficient (Wildman–Crippen LogP) is 1.57. The zero-order chi connectivity index (χ0) is 17.8. The highest BCUT2D eigenvalue weighted by molar-refractivity contribution is 5.76. The Hall–Kier alpha value is -2.41. The van der Waals surface area contributed by atoms with E-state index in [4.69, 9.17) is 4.74 Å². The third-order valence-corrected chi connectivity index (χ3v) is 4.48. The van der Waals surface area contributed by atoms with Gasteiger partial charge in [0.15, 0.2) is 5.82 Å². The number of hydrogen-bond acceptors (Lipinski definition) is 4. The van der Waals surface area contributed by atoms with Crippen molar-refractivity contribution in [2.75, 3.05) is 13.2 Å². The highest BCUT2D eigenvalue weighted by atomic mass is 16.5. The van der Waals surface area contributed by atoms with Crippen LogP contribution in [-0.4, -0.2) is 38.3 Å². The lowest BCUT2D eigenvalue weighted by molar-refractivity contribution is -0.135. The Morgan fingerprint density at radius 3 is 2.76 bits per heavy atom. The fraction of sp³-hybridized carbons (Fsp3) is 0.500. The van der Waals surface area contributed by atoms with Gasteiger partial charge in [-0.15, -0.1) is 0 Å². The number of aryl methyl sites for hydroxylation is 1. The van der Waals surface area contributed by atoms with Crippen molar-refractivity contribution < 1.29 is 9.53 Å². The number of carbonyl (C=O) groups excluding carboxylic acids is 1. The van der Waals surface area contributed by atoms with Crippen molar-refractivity contribution in [3.8, 4) is 0 Å². The van der Waals surface area contributed by atoms with Gasteiger partial charge in [-0.2, -0.15) is 5.10 Å². The first-order chi connectivity index (χ1) is 12.1. The summed E-state index contributed by atoms with van der Waals surface area (Å²) in [7, 11) is 0. The summed E-state index contributed by atoms with van der Waals surface area (Å²) in [6, 6.07) is 9.91. The Morgan fingerprint density at radius 1 is 1.32 bits per heavy atom. The van der Waals surface area contributed by atoms with Gasteiger partial charge in [-0.25, -0.2) is 9.48 Å². The van der Waals surface area contributed by atoms with Gasteiger partial charge in [-0.05, 0) is 19.4 Å². The molecule has 134 valence electrons. The van der Waals surface area contributed by atoms with Gasteiger partial charge in [0.2, 0.25) is 5.91 Å². The van der Waals surface area contributed by atoms with E-state index in [9.17, 15) is 9.59 Å². The van der Waals surface area contributed by atoms with Crippen molar-refractivity contribution in [3.05, 3.63) is 52.2 Å². The van der Waals surface area contributed by atoms with Crippen LogP contribution < -0.4 is 5.69 Å². The second-order valence-electron chi connectivity index (χ2n) is 6.07. The smallest absolute Gasteiger partial charge is 0.346 e. The number of amides is 1. The largest absolute Gasteiger partial charge is 0.368 e. The molecule has 7 nitrogen and oxygen atoms in total. The molecule has 3 rings (SSSR count). The minimum atomic E-state index is -0.466. The van der Waals surface area contributed by atoms with Gasteiger partial charge in [0.25, 0.3) is 0 Å². The van der Waals surface area contributed by atoms with Gasteiger partial charge in [0.05, 0.1) is 19.6 Å². The second-order valence-corrected chi connectivity index (χ2v) is 6.07. The second kappa shape index (κ2) is 7.65. The standard InChI is InChI=1S/C18H24N4O3/c1-3-20(13-14-8-6-5-7-9-14)16(23)12-15-17-19-22(4-2)18(24)21(17)10-11-25-15/h5-9,15H,3-4,10-13H2,1-2H3. The van der Waals surface area contributed by atoms with E-state index in [-0.39, 0.29) is 18.0 Å². The fourth-order valence-electron chi connectivity index (χ4n) is 3.09. The molecule has 0 saturated carbocycles. The maximum absolute atomic E-state index is 12.7. The number of aromatic nitrogens is 3. The summed E-state index contributed by atoms with van der Waals surface area (Å²) < 4.78 is 8.79. The van der Waals surface area contributed by atoms with Crippen molar-refractivity contribution in [2.45, 2.75) is 46.0 Å². The monoisotopic (exact) mass is 344 g/mol. The molecule has 0 aliphatic carbocycles. The van der Waals surface area contributed by atoms with E-state index in [1.807, 2.05) is 44.2 Å². The molecule has 1 atom stereocenters. The SMILES string of the molecule is CCN(Cc1ccccc1)C(=O)CC1OCCn2c1nn(CC)c2=O. The molecular formula is C18H24N4O3. The quantitative estimate of drug-likeness (QED) is 0.798. The summed E-state index contributed by atoms with van der Waals surface area (Å²) in [5, 5.41) is 4.34. The van der Waals surface area contributed by atoms with Crippen LogP contribution >= 0.6 is 0 Å². The lowest BCUT2D eigenvalue weighted by Crippen LogP contribution is -2.35. The van der Waals surface area contributed by atoms with E-state index >= 15 is 0 Å². The minimum Gasteiger partial charge on any atom is -0.368 e. The van der Waals surface area contributed by atoms with Gasteiger partial charge in [-0.3, -0.25) is 9.36 Å². The Kier molecular flexibility index (Phi) is 5.33. The van der Waals surface area contributed by atoms with Crippen LogP contribution in [0, 0.1) is 0 Å². The van der Waals surface area contributed by atoms with Crippen LogP contribution in [0.25, 0.3) is 0 Å². The molecule has 2 heterocycles. The molecule has 1 aliphatic rings. The summed E-state index contributed by atoms with van der Waals surface area (Å²) in [4.78, 5) is 26.8. The molecule has 1 aliphatic heterocycles. The molecule has 0 bridgehead atoms. The first-order valence-corrected chi connectivity index (χ1v) is 8.74. The molecule has 0 saturated heterocycles. The Balaban J connectivity index is 1.74. The van der Waals surface area contributed by atoms with Gasteiger partial charge in [-0.1, -0.05) is 30.3 Å². The van der Waals surface area contributed by atoms with Crippen molar-refractivity contribution in [3.63, 3.8) is 0 Å².